The predicted octanol–water partition coefficient (Wildman–Crippen LogP) is 6.85. The third-order valence-electron chi connectivity index (χ3n) is 5.16. The third kappa shape index (κ3) is 4.55. The molecule has 0 bridgehead atoms. The van der Waals surface area contributed by atoms with Gasteiger partial charge in [-0.3, -0.25) is 4.79 Å². The number of nitrogens with zero attached hydrogens (tertiary/aromatic N) is 2. The first kappa shape index (κ1) is 21.7. The Morgan fingerprint density at radius 3 is 2.56 bits per heavy atom. The van der Waals surface area contributed by atoms with Crippen LogP contribution in [-0.2, 0) is 11.3 Å². The molecule has 158 valence electrons. The largest absolute Gasteiger partial charge is 0.342 e. The second-order valence-corrected chi connectivity index (χ2v) is 8.23. The molecule has 0 atom stereocenters. The van der Waals surface area contributed by atoms with Crippen molar-refractivity contribution in [3.05, 3.63) is 105 Å². The fourth-order valence-corrected chi connectivity index (χ4v) is 3.85. The minimum absolute atomic E-state index is 0.0284. The third-order valence-corrected chi connectivity index (χ3v) is 5.98. The number of carbonyl (C=O) groups excluding carboxylic acids is 1. The van der Waals surface area contributed by atoms with Gasteiger partial charge in [-0.15, -0.1) is 0 Å². The van der Waals surface area contributed by atoms with Crippen LogP contribution in [0.3, 0.4) is 0 Å². The number of hydrogen-bond donors (Lipinski definition) is 1. The first-order valence-electron chi connectivity index (χ1n) is 9.97. The predicted molar refractivity (Wildman–Crippen MR) is 131 cm³/mol. The Kier molecular flexibility index (Phi) is 6.32. The van der Waals surface area contributed by atoms with Crippen molar-refractivity contribution in [3.8, 4) is 6.07 Å². The summed E-state index contributed by atoms with van der Waals surface area (Å²) in [5.41, 5.74) is 4.51. The lowest BCUT2D eigenvalue weighted by molar-refractivity contribution is -0.112. The van der Waals surface area contributed by atoms with Crippen molar-refractivity contribution in [1.29, 1.82) is 5.26 Å². The fraction of sp³-hybridized carbons (Fsp3) is 0.0769. The molecule has 4 aromatic rings. The van der Waals surface area contributed by atoms with E-state index in [1.165, 1.54) is 11.1 Å². The number of rotatable bonds is 5. The van der Waals surface area contributed by atoms with Crippen LogP contribution in [0, 0.1) is 18.3 Å². The van der Waals surface area contributed by atoms with E-state index in [0.717, 1.165) is 16.5 Å². The maximum absolute atomic E-state index is 12.8. The Labute approximate surface area is 196 Å². The molecule has 3 aromatic carbocycles. The maximum atomic E-state index is 12.8. The van der Waals surface area contributed by atoms with Crippen LogP contribution in [-0.4, -0.2) is 10.5 Å². The lowest BCUT2D eigenvalue weighted by Crippen LogP contribution is -2.13. The summed E-state index contributed by atoms with van der Waals surface area (Å²) in [5, 5.41) is 13.8. The topological polar surface area (TPSA) is 57.8 Å². The van der Waals surface area contributed by atoms with Crippen molar-refractivity contribution >= 4 is 51.8 Å². The molecule has 0 fully saturated rings. The average molecular weight is 460 g/mol. The lowest BCUT2D eigenvalue weighted by Gasteiger charge is -2.07. The minimum Gasteiger partial charge on any atom is -0.342 e. The summed E-state index contributed by atoms with van der Waals surface area (Å²) >= 11 is 12.2. The Hall–Kier alpha value is -3.52. The fourth-order valence-electron chi connectivity index (χ4n) is 3.51. The molecule has 0 saturated heterocycles. The van der Waals surface area contributed by atoms with Crippen molar-refractivity contribution < 1.29 is 4.79 Å². The SMILES string of the molecule is Cc1ccc(Cn2cc(/C=C(/C#N)C(=O)Nc3cccc(Cl)c3Cl)c3ccccc32)cc1. The van der Waals surface area contributed by atoms with Crippen LogP contribution in [0.15, 0.2) is 78.5 Å². The highest BCUT2D eigenvalue weighted by atomic mass is 35.5. The number of nitrogens with one attached hydrogen (secondary N) is 1. The molecule has 1 heterocycles. The van der Waals surface area contributed by atoms with Gasteiger partial charge in [0, 0.05) is 29.2 Å². The van der Waals surface area contributed by atoms with Gasteiger partial charge in [-0.1, -0.05) is 77.3 Å². The average Bonchev–Trinajstić information content (AvgIpc) is 3.14. The van der Waals surface area contributed by atoms with E-state index in [-0.39, 0.29) is 10.6 Å². The summed E-state index contributed by atoms with van der Waals surface area (Å²) < 4.78 is 2.12. The number of nitriles is 1. The first-order valence-corrected chi connectivity index (χ1v) is 10.7. The number of amides is 1. The number of halogens is 2. The van der Waals surface area contributed by atoms with Gasteiger partial charge in [0.2, 0.25) is 0 Å². The van der Waals surface area contributed by atoms with Gasteiger partial charge >= 0.3 is 0 Å². The standard InChI is InChI=1S/C26H19Cl2N3O/c1-17-9-11-18(12-10-17)15-31-16-20(21-5-2-3-8-24(21)31)13-19(14-29)26(32)30-23-7-4-6-22(27)25(23)28/h2-13,16H,15H2,1H3,(H,30,32)/b19-13-. The number of hydrogen-bond acceptors (Lipinski definition) is 2. The Bertz CT molecular complexity index is 1380. The summed E-state index contributed by atoms with van der Waals surface area (Å²) in [7, 11) is 0. The monoisotopic (exact) mass is 459 g/mol. The molecule has 1 amide bonds. The highest BCUT2D eigenvalue weighted by Crippen LogP contribution is 2.30. The van der Waals surface area contributed by atoms with Crippen LogP contribution in [0.1, 0.15) is 16.7 Å². The van der Waals surface area contributed by atoms with Gasteiger partial charge in [-0.2, -0.15) is 5.26 Å². The Morgan fingerprint density at radius 1 is 1.06 bits per heavy atom. The Morgan fingerprint density at radius 2 is 1.81 bits per heavy atom. The van der Waals surface area contributed by atoms with Crippen LogP contribution in [0.2, 0.25) is 10.0 Å². The van der Waals surface area contributed by atoms with Crippen molar-refractivity contribution in [3.63, 3.8) is 0 Å². The smallest absolute Gasteiger partial charge is 0.266 e. The van der Waals surface area contributed by atoms with E-state index >= 15 is 0 Å². The number of benzene rings is 3. The van der Waals surface area contributed by atoms with Gasteiger partial charge in [0.1, 0.15) is 11.6 Å². The highest BCUT2D eigenvalue weighted by Gasteiger charge is 2.15. The molecule has 0 aliphatic carbocycles. The Balaban J connectivity index is 1.68. The summed E-state index contributed by atoms with van der Waals surface area (Å²) in [6, 6.07) is 23.2. The molecule has 1 N–H and O–H groups in total. The summed E-state index contributed by atoms with van der Waals surface area (Å²) in [4.78, 5) is 12.8. The normalized spacial score (nSPS) is 11.4. The molecule has 4 rings (SSSR count). The molecule has 0 saturated carbocycles. The molecule has 4 nitrogen and oxygen atoms in total. The van der Waals surface area contributed by atoms with E-state index in [9.17, 15) is 10.1 Å². The number of para-hydroxylation sites is 1. The number of aromatic nitrogens is 1. The summed E-state index contributed by atoms with van der Waals surface area (Å²) in [5.74, 6) is -0.549. The van der Waals surface area contributed by atoms with Gasteiger partial charge in [0.15, 0.2) is 0 Å². The van der Waals surface area contributed by atoms with Crippen molar-refractivity contribution in [2.45, 2.75) is 13.5 Å². The van der Waals surface area contributed by atoms with E-state index in [1.807, 2.05) is 36.5 Å². The quantitative estimate of drug-likeness (QED) is 0.262. The summed E-state index contributed by atoms with van der Waals surface area (Å²) in [6.45, 7) is 2.74. The van der Waals surface area contributed by atoms with Crippen molar-refractivity contribution in [1.82, 2.24) is 4.57 Å². The van der Waals surface area contributed by atoms with Crippen molar-refractivity contribution in [2.24, 2.45) is 0 Å². The molecule has 0 radical (unpaired) electrons. The zero-order valence-corrected chi connectivity index (χ0v) is 18.8. The van der Waals surface area contributed by atoms with E-state index < -0.39 is 5.91 Å². The van der Waals surface area contributed by atoms with Gasteiger partial charge in [-0.05, 0) is 36.8 Å². The molecule has 6 heteroatoms. The molecular formula is C26H19Cl2N3O. The highest BCUT2D eigenvalue weighted by molar-refractivity contribution is 6.44. The van der Waals surface area contributed by atoms with E-state index in [1.54, 1.807) is 24.3 Å². The van der Waals surface area contributed by atoms with Crippen LogP contribution < -0.4 is 5.32 Å². The molecule has 0 aliphatic heterocycles. The molecule has 0 spiro atoms. The lowest BCUT2D eigenvalue weighted by atomic mass is 10.1. The zero-order valence-electron chi connectivity index (χ0n) is 17.3. The number of aryl methyl sites for hydroxylation is 1. The molecule has 0 unspecified atom stereocenters. The van der Waals surface area contributed by atoms with E-state index in [2.05, 4.69) is 41.1 Å². The number of carbonyl (C=O) groups is 1. The zero-order chi connectivity index (χ0) is 22.7. The summed E-state index contributed by atoms with van der Waals surface area (Å²) in [6.07, 6.45) is 3.56. The second kappa shape index (κ2) is 9.32. The van der Waals surface area contributed by atoms with Crippen LogP contribution in [0.25, 0.3) is 17.0 Å². The maximum Gasteiger partial charge on any atom is 0.266 e. The second-order valence-electron chi connectivity index (χ2n) is 7.44. The van der Waals surface area contributed by atoms with Crippen molar-refractivity contribution in [2.75, 3.05) is 5.32 Å². The first-order chi connectivity index (χ1) is 15.5. The van der Waals surface area contributed by atoms with Crippen LogP contribution >= 0.6 is 23.2 Å². The number of fused-ring (bicyclic) bond motifs is 1. The van der Waals surface area contributed by atoms with Gasteiger partial charge < -0.3 is 9.88 Å². The van der Waals surface area contributed by atoms with Crippen LogP contribution in [0.4, 0.5) is 5.69 Å². The van der Waals surface area contributed by atoms with Crippen LogP contribution in [0.5, 0.6) is 0 Å². The molecular weight excluding hydrogens is 441 g/mol. The molecule has 32 heavy (non-hydrogen) atoms. The van der Waals surface area contributed by atoms with Gasteiger partial charge in [0.05, 0.1) is 15.7 Å². The van der Waals surface area contributed by atoms with E-state index in [4.69, 9.17) is 23.2 Å². The van der Waals surface area contributed by atoms with Gasteiger partial charge in [-0.25, -0.2) is 0 Å². The van der Waals surface area contributed by atoms with Gasteiger partial charge in [0.25, 0.3) is 5.91 Å². The molecule has 0 aliphatic rings. The van der Waals surface area contributed by atoms with E-state index in [0.29, 0.717) is 17.3 Å². The molecule has 1 aromatic heterocycles. The number of anilines is 1. The minimum atomic E-state index is -0.549.